The quantitative estimate of drug-likeness (QED) is 0.0490. The van der Waals surface area contributed by atoms with E-state index in [-0.39, 0.29) is 58.7 Å². The van der Waals surface area contributed by atoms with Crippen LogP contribution < -0.4 is 15.8 Å². The van der Waals surface area contributed by atoms with Crippen LogP contribution in [0.3, 0.4) is 0 Å². The minimum atomic E-state index is -1.03. The molecule has 8 atom stereocenters. The molecule has 5 aromatic carbocycles. The van der Waals surface area contributed by atoms with Crippen LogP contribution >= 0.6 is 47.0 Å². The van der Waals surface area contributed by atoms with E-state index in [0.717, 1.165) is 32.1 Å². The average molecular weight is 1130 g/mol. The van der Waals surface area contributed by atoms with Crippen molar-refractivity contribution in [1.29, 1.82) is 0 Å². The summed E-state index contributed by atoms with van der Waals surface area (Å²) in [6.07, 6.45) is -0.718. The van der Waals surface area contributed by atoms with Gasteiger partial charge in [-0.3, -0.25) is 19.2 Å². The molecular formula is C61H62N2O11S4. The Morgan fingerprint density at radius 2 is 1.12 bits per heavy atom. The molecular weight excluding hydrogens is 1060 g/mol. The Bertz CT molecular complexity index is 3040. The first kappa shape index (κ1) is 57.8. The van der Waals surface area contributed by atoms with E-state index in [0.29, 0.717) is 39.9 Å². The number of ether oxygens (including phenoxy) is 3. The second kappa shape index (κ2) is 26.5. The fourth-order valence-corrected chi connectivity index (χ4v) is 15.2. The summed E-state index contributed by atoms with van der Waals surface area (Å²) in [5.74, 6) is -1.77. The molecule has 0 aromatic heterocycles. The molecule has 2 aliphatic heterocycles. The van der Waals surface area contributed by atoms with Crippen molar-refractivity contribution < 1.29 is 52.9 Å². The van der Waals surface area contributed by atoms with Crippen molar-refractivity contribution in [2.24, 2.45) is 29.4 Å². The molecule has 1 amide bonds. The number of fused-ring (bicyclic) bond motifs is 2. The second-order valence-electron chi connectivity index (χ2n) is 20.2. The van der Waals surface area contributed by atoms with Gasteiger partial charge in [0.25, 0.3) is 0 Å². The van der Waals surface area contributed by atoms with Crippen LogP contribution in [0, 0.1) is 23.7 Å². The standard InChI is InChI=1S/C37H39NO7S2.C24H23NO4S2/c1-37(2,3)45-36(42)38-32(24-11-7-5-8-12-24)29(39)19-28-33(40)31-30(35(41)44-20-23-15-17-26(43-4)18-16-23)25(22-47-34(28)31)21-46-27-13-9-6-10-14-27;25-21(14-7-3-1-4-8-14)18(26)11-17-22(27)20-19(24(28)29)15(13-31-23(17)20)12-30-16-9-5-2-6-10-16/h5-18,28,31-32,34H,19-22H2,1-4H3,(H,38,42);1-10,17,20-21,23H,11-13,25H2,(H,28,29)/t28-,31?,32?,34-;17-,20?,21?,23-/m11/s1. The van der Waals surface area contributed by atoms with Crippen LogP contribution in [0.15, 0.2) is 178 Å². The number of aliphatic carboxylic acids is 1. The number of carboxylic acids is 1. The van der Waals surface area contributed by atoms with Gasteiger partial charge in [0.2, 0.25) is 0 Å². The summed E-state index contributed by atoms with van der Waals surface area (Å²) in [6, 6.07) is 43.2. The van der Waals surface area contributed by atoms with E-state index in [9.17, 15) is 38.7 Å². The van der Waals surface area contributed by atoms with E-state index >= 15 is 0 Å². The summed E-state index contributed by atoms with van der Waals surface area (Å²) in [7, 11) is 1.59. The number of amides is 1. The number of nitrogens with two attached hydrogens (primary N) is 1. The van der Waals surface area contributed by atoms with Gasteiger partial charge in [-0.15, -0.1) is 23.5 Å². The van der Waals surface area contributed by atoms with Gasteiger partial charge in [0.05, 0.1) is 25.0 Å². The highest BCUT2D eigenvalue weighted by Gasteiger charge is 2.57. The normalized spacial score (nSPS) is 21.2. The third kappa shape index (κ3) is 14.3. The first-order valence-electron chi connectivity index (χ1n) is 25.5. The van der Waals surface area contributed by atoms with Gasteiger partial charge in [-0.2, -0.15) is 23.5 Å². The Balaban J connectivity index is 0.000000224. The zero-order valence-electron chi connectivity index (χ0n) is 43.7. The minimum absolute atomic E-state index is 0.0567. The predicted octanol–water partition coefficient (Wildman–Crippen LogP) is 10.7. The topological polar surface area (TPSA) is 205 Å². The molecule has 4 unspecified atom stereocenters. The second-order valence-corrected chi connectivity index (χ2v) is 24.6. The third-order valence-electron chi connectivity index (χ3n) is 13.8. The molecule has 4 aliphatic rings. The first-order valence-corrected chi connectivity index (χ1v) is 29.6. The van der Waals surface area contributed by atoms with E-state index in [4.69, 9.17) is 19.9 Å². The van der Waals surface area contributed by atoms with Gasteiger partial charge in [-0.25, -0.2) is 14.4 Å². The van der Waals surface area contributed by atoms with E-state index in [2.05, 4.69) is 5.32 Å². The maximum Gasteiger partial charge on any atom is 0.408 e. The molecule has 2 saturated carbocycles. The number of ketones is 4. The zero-order valence-corrected chi connectivity index (χ0v) is 46.9. The molecule has 0 radical (unpaired) electrons. The van der Waals surface area contributed by atoms with Gasteiger partial charge in [0.15, 0.2) is 11.6 Å². The minimum Gasteiger partial charge on any atom is -0.497 e. The van der Waals surface area contributed by atoms with Crippen molar-refractivity contribution in [2.75, 3.05) is 30.1 Å². The predicted molar refractivity (Wildman–Crippen MR) is 306 cm³/mol. The third-order valence-corrected chi connectivity index (χ3v) is 19.0. The summed E-state index contributed by atoms with van der Waals surface area (Å²) in [4.78, 5) is 93.8. The summed E-state index contributed by atoms with van der Waals surface area (Å²) < 4.78 is 16.4. The Kier molecular flexibility index (Phi) is 19.7. The fourth-order valence-electron chi connectivity index (χ4n) is 9.86. The van der Waals surface area contributed by atoms with E-state index in [1.54, 1.807) is 123 Å². The van der Waals surface area contributed by atoms with Gasteiger partial charge in [-0.05, 0) is 85.0 Å². The summed E-state index contributed by atoms with van der Waals surface area (Å²) in [6.45, 7) is 5.30. The number of esters is 1. The van der Waals surface area contributed by atoms with Gasteiger partial charge in [-0.1, -0.05) is 109 Å². The summed E-state index contributed by atoms with van der Waals surface area (Å²) in [5.41, 5.74) is 9.79. The number of carboxylic acid groups (broad SMARTS) is 1. The molecule has 0 spiro atoms. The van der Waals surface area contributed by atoms with Gasteiger partial charge < -0.3 is 30.4 Å². The van der Waals surface area contributed by atoms with Crippen molar-refractivity contribution in [3.63, 3.8) is 0 Å². The summed E-state index contributed by atoms with van der Waals surface area (Å²) >= 11 is 6.37. The molecule has 0 bridgehead atoms. The average Bonchev–Trinajstić information content (AvgIpc) is 3.59. The number of carbonyl (C=O) groups is 7. The lowest BCUT2D eigenvalue weighted by molar-refractivity contribution is -0.145. The lowest BCUT2D eigenvalue weighted by atomic mass is 9.65. The van der Waals surface area contributed by atoms with E-state index in [1.807, 2.05) is 97.1 Å². The number of rotatable bonds is 20. The van der Waals surface area contributed by atoms with E-state index in [1.165, 1.54) is 0 Å². The number of alkyl carbamates (subject to hydrolysis) is 1. The molecule has 78 heavy (non-hydrogen) atoms. The van der Waals surface area contributed by atoms with Crippen LogP contribution in [0.5, 0.6) is 5.75 Å². The highest BCUT2D eigenvalue weighted by molar-refractivity contribution is 8.01. The number of thioether (sulfide) groups is 4. The zero-order chi connectivity index (χ0) is 55.5. The molecule has 4 N–H and O–H groups in total. The Morgan fingerprint density at radius 1 is 0.654 bits per heavy atom. The first-order chi connectivity index (χ1) is 37.5. The number of benzene rings is 5. The fraction of sp³-hybridized carbons (Fsp3) is 0.328. The van der Waals surface area contributed by atoms with Gasteiger partial charge >= 0.3 is 18.0 Å². The SMILES string of the molecule is COc1ccc(COC(=O)C2=C(CSc3ccccc3)CS[C@H]3C2C(=O)[C@H]3CC(=O)C(NC(=O)OC(C)(C)C)c2ccccc2)cc1.NC(C(=O)C[C@@H]1C(=O)C2C(C(=O)O)=C(CSc3ccccc3)CS[C@@H]21)c1ccccc1. The summed E-state index contributed by atoms with van der Waals surface area (Å²) in [5, 5.41) is 12.1. The Hall–Kier alpha value is -6.37. The molecule has 2 fully saturated rings. The van der Waals surface area contributed by atoms with Crippen LogP contribution in [0.4, 0.5) is 4.79 Å². The monoisotopic (exact) mass is 1130 g/mol. The van der Waals surface area contributed by atoms with Crippen molar-refractivity contribution in [3.8, 4) is 5.75 Å². The number of Topliss-reactive ketones (excluding diaryl/α,β-unsaturated/α-hetero) is 4. The van der Waals surface area contributed by atoms with Crippen molar-refractivity contribution >= 4 is 88.2 Å². The molecule has 9 rings (SSSR count). The molecule has 2 aliphatic carbocycles. The van der Waals surface area contributed by atoms with Crippen LogP contribution in [0.2, 0.25) is 0 Å². The van der Waals surface area contributed by atoms with Crippen molar-refractivity contribution in [2.45, 2.75) is 78.2 Å². The number of carbonyl (C=O) groups excluding carboxylic acids is 6. The van der Waals surface area contributed by atoms with Crippen LogP contribution in [-0.4, -0.2) is 92.5 Å². The van der Waals surface area contributed by atoms with Crippen molar-refractivity contribution in [1.82, 2.24) is 5.32 Å². The highest BCUT2D eigenvalue weighted by Crippen LogP contribution is 2.52. The maximum atomic E-state index is 13.8. The molecule has 5 aromatic rings. The van der Waals surface area contributed by atoms with Gasteiger partial charge in [0.1, 0.15) is 35.6 Å². The van der Waals surface area contributed by atoms with Crippen molar-refractivity contribution in [3.05, 3.63) is 185 Å². The van der Waals surface area contributed by atoms with Crippen LogP contribution in [-0.2, 0) is 44.8 Å². The molecule has 17 heteroatoms. The Labute approximate surface area is 471 Å². The number of methoxy groups -OCH3 is 1. The number of hydrogen-bond donors (Lipinski definition) is 3. The number of nitrogens with one attached hydrogen (secondary N) is 1. The smallest absolute Gasteiger partial charge is 0.408 e. The molecule has 0 saturated heterocycles. The molecule has 13 nitrogen and oxygen atoms in total. The number of hydrogen-bond acceptors (Lipinski definition) is 15. The Morgan fingerprint density at radius 3 is 1.60 bits per heavy atom. The lowest BCUT2D eigenvalue weighted by Gasteiger charge is -2.46. The highest BCUT2D eigenvalue weighted by atomic mass is 32.2. The maximum absolute atomic E-state index is 13.8. The lowest BCUT2D eigenvalue weighted by Crippen LogP contribution is -2.55. The molecule has 406 valence electrons. The van der Waals surface area contributed by atoms with Crippen LogP contribution in [0.1, 0.15) is 62.4 Å². The van der Waals surface area contributed by atoms with Crippen LogP contribution in [0.25, 0.3) is 0 Å². The largest absolute Gasteiger partial charge is 0.497 e. The van der Waals surface area contributed by atoms with Gasteiger partial charge in [0, 0.05) is 79.1 Å². The molecule has 2 heterocycles. The van der Waals surface area contributed by atoms with E-state index < -0.39 is 59.4 Å².